The first-order chi connectivity index (χ1) is 5.00. The molecule has 11 heavy (non-hydrogen) atoms. The smallest absolute Gasteiger partial charge is 0.0544 e. The molecular weight excluding hydrogens is 136 g/mol. The van der Waals surface area contributed by atoms with E-state index >= 15 is 0 Å². The molecule has 2 heteroatoms. The van der Waals surface area contributed by atoms with Crippen LogP contribution in [0.25, 0.3) is 0 Å². The Kier molecular flexibility index (Phi) is 2.55. The number of nitrogens with one attached hydrogen (secondary N) is 2. The molecule has 0 spiro atoms. The fourth-order valence-corrected chi connectivity index (χ4v) is 1.57. The van der Waals surface area contributed by atoms with Crippen molar-refractivity contribution >= 4 is 0 Å². The second kappa shape index (κ2) is 3.11. The SMILES string of the molecule is CC1NCCC(C(C)(C)C)N1. The minimum absolute atomic E-state index is 0.399. The second-order valence-electron chi connectivity index (χ2n) is 4.55. The highest BCUT2D eigenvalue weighted by molar-refractivity contribution is 4.85. The topological polar surface area (TPSA) is 24.1 Å². The summed E-state index contributed by atoms with van der Waals surface area (Å²) >= 11 is 0. The van der Waals surface area contributed by atoms with Gasteiger partial charge in [-0.05, 0) is 25.3 Å². The van der Waals surface area contributed by atoms with E-state index in [4.69, 9.17) is 0 Å². The van der Waals surface area contributed by atoms with E-state index in [2.05, 4.69) is 38.3 Å². The predicted octanol–water partition coefficient (Wildman–Crippen LogP) is 1.33. The summed E-state index contributed by atoms with van der Waals surface area (Å²) < 4.78 is 0. The summed E-state index contributed by atoms with van der Waals surface area (Å²) in [6.45, 7) is 10.2. The van der Waals surface area contributed by atoms with Gasteiger partial charge in [0.15, 0.2) is 0 Å². The van der Waals surface area contributed by atoms with Crippen molar-refractivity contribution in [3.63, 3.8) is 0 Å². The first kappa shape index (κ1) is 9.01. The lowest BCUT2D eigenvalue weighted by Crippen LogP contribution is -2.56. The van der Waals surface area contributed by atoms with Gasteiger partial charge in [0, 0.05) is 6.04 Å². The number of hydrogen-bond donors (Lipinski definition) is 2. The maximum atomic E-state index is 3.55. The van der Waals surface area contributed by atoms with Crippen LogP contribution >= 0.6 is 0 Å². The lowest BCUT2D eigenvalue weighted by molar-refractivity contribution is 0.191. The van der Waals surface area contributed by atoms with Crippen molar-refractivity contribution in [2.75, 3.05) is 6.54 Å². The molecule has 1 aliphatic heterocycles. The molecule has 0 saturated carbocycles. The van der Waals surface area contributed by atoms with E-state index in [-0.39, 0.29) is 0 Å². The van der Waals surface area contributed by atoms with E-state index in [9.17, 15) is 0 Å². The van der Waals surface area contributed by atoms with Crippen LogP contribution in [0.1, 0.15) is 34.1 Å². The molecule has 2 N–H and O–H groups in total. The molecule has 1 saturated heterocycles. The van der Waals surface area contributed by atoms with Crippen molar-refractivity contribution in [1.29, 1.82) is 0 Å². The van der Waals surface area contributed by atoms with Crippen LogP contribution in [-0.4, -0.2) is 18.8 Å². The fourth-order valence-electron chi connectivity index (χ4n) is 1.57. The van der Waals surface area contributed by atoms with Gasteiger partial charge in [0.25, 0.3) is 0 Å². The molecule has 0 radical (unpaired) electrons. The Morgan fingerprint density at radius 1 is 1.27 bits per heavy atom. The quantitative estimate of drug-likeness (QED) is 0.553. The van der Waals surface area contributed by atoms with E-state index in [0.717, 1.165) is 6.54 Å². The average Bonchev–Trinajstić information content (AvgIpc) is 1.86. The summed E-state index contributed by atoms with van der Waals surface area (Å²) in [7, 11) is 0. The molecule has 1 heterocycles. The second-order valence-corrected chi connectivity index (χ2v) is 4.55. The Labute approximate surface area is 69.8 Å². The number of rotatable bonds is 0. The molecule has 0 aromatic carbocycles. The molecule has 2 nitrogen and oxygen atoms in total. The Morgan fingerprint density at radius 2 is 1.91 bits per heavy atom. The normalized spacial score (nSPS) is 33.8. The summed E-state index contributed by atoms with van der Waals surface area (Å²) in [5.74, 6) is 0. The molecule has 0 amide bonds. The largest absolute Gasteiger partial charge is 0.302 e. The molecule has 0 bridgehead atoms. The molecule has 66 valence electrons. The van der Waals surface area contributed by atoms with Crippen LogP contribution in [-0.2, 0) is 0 Å². The van der Waals surface area contributed by atoms with Crippen molar-refractivity contribution in [2.45, 2.75) is 46.3 Å². The van der Waals surface area contributed by atoms with Crippen molar-refractivity contribution < 1.29 is 0 Å². The molecule has 2 unspecified atom stereocenters. The lowest BCUT2D eigenvalue weighted by atomic mass is 9.84. The zero-order chi connectivity index (χ0) is 8.48. The average molecular weight is 156 g/mol. The number of hydrogen-bond acceptors (Lipinski definition) is 2. The van der Waals surface area contributed by atoms with Crippen molar-refractivity contribution in [3.05, 3.63) is 0 Å². The van der Waals surface area contributed by atoms with Crippen LogP contribution in [0, 0.1) is 5.41 Å². The third-order valence-electron chi connectivity index (χ3n) is 2.38. The highest BCUT2D eigenvalue weighted by atomic mass is 15.2. The van der Waals surface area contributed by atoms with E-state index < -0.39 is 0 Å². The van der Waals surface area contributed by atoms with Gasteiger partial charge in [0.05, 0.1) is 6.17 Å². The molecule has 0 aromatic rings. The summed E-state index contributed by atoms with van der Waals surface area (Å²) in [6.07, 6.45) is 1.72. The molecular formula is C9H20N2. The molecule has 0 aliphatic carbocycles. The minimum atomic E-state index is 0.399. The molecule has 0 aromatic heterocycles. The molecule has 1 fully saturated rings. The van der Waals surface area contributed by atoms with Gasteiger partial charge >= 0.3 is 0 Å². The fraction of sp³-hybridized carbons (Fsp3) is 1.00. The van der Waals surface area contributed by atoms with Gasteiger partial charge in [0.1, 0.15) is 0 Å². The maximum absolute atomic E-state index is 3.55. The van der Waals surface area contributed by atoms with Gasteiger partial charge in [-0.2, -0.15) is 0 Å². The maximum Gasteiger partial charge on any atom is 0.0544 e. The van der Waals surface area contributed by atoms with Crippen LogP contribution in [0.5, 0.6) is 0 Å². The lowest BCUT2D eigenvalue weighted by Gasteiger charge is -2.38. The van der Waals surface area contributed by atoms with Gasteiger partial charge in [-0.3, -0.25) is 5.32 Å². The van der Waals surface area contributed by atoms with Crippen LogP contribution in [0.2, 0.25) is 0 Å². The van der Waals surface area contributed by atoms with Gasteiger partial charge < -0.3 is 5.32 Å². The van der Waals surface area contributed by atoms with E-state index in [1.165, 1.54) is 6.42 Å². The molecule has 1 rings (SSSR count). The predicted molar refractivity (Wildman–Crippen MR) is 48.5 cm³/mol. The molecule has 2 atom stereocenters. The highest BCUT2D eigenvalue weighted by Crippen LogP contribution is 2.23. The third kappa shape index (κ3) is 2.46. The Morgan fingerprint density at radius 3 is 2.27 bits per heavy atom. The van der Waals surface area contributed by atoms with Gasteiger partial charge in [-0.15, -0.1) is 0 Å². The van der Waals surface area contributed by atoms with E-state index in [1.54, 1.807) is 0 Å². The van der Waals surface area contributed by atoms with Crippen LogP contribution in [0.4, 0.5) is 0 Å². The monoisotopic (exact) mass is 156 g/mol. The zero-order valence-electron chi connectivity index (χ0n) is 8.07. The van der Waals surface area contributed by atoms with Crippen molar-refractivity contribution in [2.24, 2.45) is 5.41 Å². The summed E-state index contributed by atoms with van der Waals surface area (Å²) in [5.41, 5.74) is 0.399. The van der Waals surface area contributed by atoms with Gasteiger partial charge in [-0.25, -0.2) is 0 Å². The van der Waals surface area contributed by atoms with Crippen molar-refractivity contribution in [3.8, 4) is 0 Å². The Bertz CT molecular complexity index is 126. The van der Waals surface area contributed by atoms with Gasteiger partial charge in [0.2, 0.25) is 0 Å². The summed E-state index contributed by atoms with van der Waals surface area (Å²) in [4.78, 5) is 0. The highest BCUT2D eigenvalue weighted by Gasteiger charge is 2.27. The zero-order valence-corrected chi connectivity index (χ0v) is 8.07. The third-order valence-corrected chi connectivity index (χ3v) is 2.38. The molecule has 1 aliphatic rings. The van der Waals surface area contributed by atoms with Gasteiger partial charge in [-0.1, -0.05) is 20.8 Å². The van der Waals surface area contributed by atoms with E-state index in [0.29, 0.717) is 17.6 Å². The minimum Gasteiger partial charge on any atom is -0.302 e. The first-order valence-corrected chi connectivity index (χ1v) is 4.49. The Hall–Kier alpha value is -0.0800. The van der Waals surface area contributed by atoms with E-state index in [1.807, 2.05) is 0 Å². The first-order valence-electron chi connectivity index (χ1n) is 4.49. The summed E-state index contributed by atoms with van der Waals surface area (Å²) in [6, 6.07) is 0.666. The Balaban J connectivity index is 2.46. The van der Waals surface area contributed by atoms with Crippen molar-refractivity contribution in [1.82, 2.24) is 10.6 Å². The van der Waals surface area contributed by atoms with Crippen LogP contribution < -0.4 is 10.6 Å². The van der Waals surface area contributed by atoms with Crippen LogP contribution in [0.3, 0.4) is 0 Å². The van der Waals surface area contributed by atoms with Crippen LogP contribution in [0.15, 0.2) is 0 Å². The summed E-state index contributed by atoms with van der Waals surface area (Å²) in [5, 5.41) is 6.92. The standard InChI is InChI=1S/C9H20N2/c1-7-10-6-5-8(11-7)9(2,3)4/h7-8,10-11H,5-6H2,1-4H3.